The topological polar surface area (TPSA) is 57.8 Å². The zero-order chi connectivity index (χ0) is 22.7. The molecule has 1 N–H and O–H groups in total. The summed E-state index contributed by atoms with van der Waals surface area (Å²) in [6.07, 6.45) is 3.68. The highest BCUT2D eigenvalue weighted by atomic mass is 16.1. The smallest absolute Gasteiger partial charge is 0.266 e. The number of para-hydroxylation sites is 1. The molecule has 0 saturated heterocycles. The van der Waals surface area contributed by atoms with Crippen LogP contribution in [-0.2, 0) is 11.3 Å². The van der Waals surface area contributed by atoms with E-state index >= 15 is 0 Å². The van der Waals surface area contributed by atoms with E-state index in [1.807, 2.05) is 56.4 Å². The molecule has 0 aliphatic heterocycles. The fraction of sp³-hybridized carbons (Fsp3) is 0.143. The van der Waals surface area contributed by atoms with Crippen LogP contribution >= 0.6 is 0 Å². The minimum absolute atomic E-state index is 0.0710. The summed E-state index contributed by atoms with van der Waals surface area (Å²) < 4.78 is 2.16. The molecule has 0 saturated carbocycles. The SMILES string of the molecule is Cc1cccc(Cn2cc(/C=C(/C#N)C(=O)Nc3ccc(C)c(C)c3)c3ccccc32)c1. The number of nitriles is 1. The standard InChI is InChI=1S/C28H25N3O/c1-19-7-6-8-22(13-19)17-31-18-24(26-9-4-5-10-27(26)31)15-23(16-29)28(32)30-25-12-11-20(2)21(3)14-25/h4-15,18H,17H2,1-3H3,(H,30,32)/b23-15-. The average molecular weight is 420 g/mol. The first kappa shape index (κ1) is 21.1. The van der Waals surface area contributed by atoms with E-state index in [0.29, 0.717) is 12.2 Å². The number of hydrogen-bond donors (Lipinski definition) is 1. The van der Waals surface area contributed by atoms with Gasteiger partial charge >= 0.3 is 0 Å². The van der Waals surface area contributed by atoms with Gasteiger partial charge in [0.2, 0.25) is 0 Å². The number of amides is 1. The fourth-order valence-corrected chi connectivity index (χ4v) is 3.85. The lowest BCUT2D eigenvalue weighted by molar-refractivity contribution is -0.112. The fourth-order valence-electron chi connectivity index (χ4n) is 3.85. The van der Waals surface area contributed by atoms with Crippen molar-refractivity contribution in [1.29, 1.82) is 5.26 Å². The van der Waals surface area contributed by atoms with Crippen LogP contribution < -0.4 is 5.32 Å². The van der Waals surface area contributed by atoms with Gasteiger partial charge in [0.25, 0.3) is 5.91 Å². The van der Waals surface area contributed by atoms with Gasteiger partial charge in [-0.05, 0) is 61.7 Å². The normalized spacial score (nSPS) is 11.4. The Balaban J connectivity index is 1.67. The molecule has 0 bridgehead atoms. The maximum Gasteiger partial charge on any atom is 0.266 e. The maximum absolute atomic E-state index is 12.8. The number of carbonyl (C=O) groups excluding carboxylic acids is 1. The number of benzene rings is 3. The second kappa shape index (κ2) is 8.95. The molecule has 4 aromatic rings. The van der Waals surface area contributed by atoms with Crippen LogP contribution in [0.15, 0.2) is 78.5 Å². The van der Waals surface area contributed by atoms with Crippen molar-refractivity contribution in [2.45, 2.75) is 27.3 Å². The molecule has 158 valence electrons. The summed E-state index contributed by atoms with van der Waals surface area (Å²) in [7, 11) is 0. The monoisotopic (exact) mass is 419 g/mol. The van der Waals surface area contributed by atoms with E-state index in [9.17, 15) is 10.1 Å². The van der Waals surface area contributed by atoms with Gasteiger partial charge in [-0.25, -0.2) is 0 Å². The molecule has 0 unspecified atom stereocenters. The van der Waals surface area contributed by atoms with Gasteiger partial charge in [0, 0.05) is 34.9 Å². The molecule has 1 aromatic heterocycles. The van der Waals surface area contributed by atoms with Gasteiger partial charge in [-0.2, -0.15) is 5.26 Å². The number of aromatic nitrogens is 1. The van der Waals surface area contributed by atoms with Gasteiger partial charge in [-0.1, -0.05) is 54.1 Å². The van der Waals surface area contributed by atoms with Gasteiger partial charge in [0.05, 0.1) is 0 Å². The minimum atomic E-state index is -0.411. The van der Waals surface area contributed by atoms with Crippen molar-refractivity contribution in [3.63, 3.8) is 0 Å². The van der Waals surface area contributed by atoms with E-state index in [1.54, 1.807) is 6.08 Å². The lowest BCUT2D eigenvalue weighted by atomic mass is 10.1. The molecule has 1 amide bonds. The Kier molecular flexibility index (Phi) is 5.91. The van der Waals surface area contributed by atoms with Crippen molar-refractivity contribution in [2.75, 3.05) is 5.32 Å². The van der Waals surface area contributed by atoms with Gasteiger partial charge in [-0.15, -0.1) is 0 Å². The molecule has 0 fully saturated rings. The van der Waals surface area contributed by atoms with Crippen LogP contribution in [0.1, 0.15) is 27.8 Å². The molecule has 32 heavy (non-hydrogen) atoms. The lowest BCUT2D eigenvalue weighted by Crippen LogP contribution is -2.13. The van der Waals surface area contributed by atoms with Crippen molar-refractivity contribution < 1.29 is 4.79 Å². The van der Waals surface area contributed by atoms with Crippen LogP contribution in [0.2, 0.25) is 0 Å². The summed E-state index contributed by atoms with van der Waals surface area (Å²) in [5.41, 5.74) is 7.32. The van der Waals surface area contributed by atoms with E-state index in [-0.39, 0.29) is 5.57 Å². The van der Waals surface area contributed by atoms with Crippen LogP contribution in [0.5, 0.6) is 0 Å². The molecular formula is C28H25N3O. The molecule has 0 radical (unpaired) electrons. The van der Waals surface area contributed by atoms with Crippen LogP contribution in [0.3, 0.4) is 0 Å². The largest absolute Gasteiger partial charge is 0.342 e. The predicted octanol–water partition coefficient (Wildman–Crippen LogP) is 6.16. The third-order valence-corrected chi connectivity index (χ3v) is 5.68. The first-order valence-electron chi connectivity index (χ1n) is 10.6. The number of rotatable bonds is 5. The van der Waals surface area contributed by atoms with Crippen molar-refractivity contribution >= 4 is 28.6 Å². The molecule has 0 spiro atoms. The third kappa shape index (κ3) is 4.48. The zero-order valence-electron chi connectivity index (χ0n) is 18.5. The summed E-state index contributed by atoms with van der Waals surface area (Å²) in [6.45, 7) is 6.81. The highest BCUT2D eigenvalue weighted by Gasteiger charge is 2.13. The summed E-state index contributed by atoms with van der Waals surface area (Å²) in [4.78, 5) is 12.8. The Morgan fingerprint density at radius 1 is 1.00 bits per heavy atom. The number of nitrogens with zero attached hydrogens (tertiary/aromatic N) is 2. The number of nitrogens with one attached hydrogen (secondary N) is 1. The van der Waals surface area contributed by atoms with Crippen molar-refractivity contribution in [3.8, 4) is 6.07 Å². The van der Waals surface area contributed by atoms with E-state index in [0.717, 1.165) is 27.6 Å². The maximum atomic E-state index is 12.8. The molecule has 0 aliphatic carbocycles. The van der Waals surface area contributed by atoms with Crippen molar-refractivity contribution in [3.05, 3.63) is 106 Å². The van der Waals surface area contributed by atoms with Crippen LogP contribution in [0, 0.1) is 32.1 Å². The number of anilines is 1. The third-order valence-electron chi connectivity index (χ3n) is 5.68. The van der Waals surface area contributed by atoms with Crippen LogP contribution in [0.25, 0.3) is 17.0 Å². The average Bonchev–Trinajstić information content (AvgIpc) is 3.12. The summed E-state index contributed by atoms with van der Waals surface area (Å²) in [5.74, 6) is -0.411. The van der Waals surface area contributed by atoms with Crippen molar-refractivity contribution in [2.24, 2.45) is 0 Å². The minimum Gasteiger partial charge on any atom is -0.342 e. The van der Waals surface area contributed by atoms with Gasteiger partial charge in [0.15, 0.2) is 0 Å². The molecule has 0 aliphatic rings. The molecular weight excluding hydrogens is 394 g/mol. The van der Waals surface area contributed by atoms with E-state index in [2.05, 4.69) is 53.2 Å². The Labute approximate surface area is 188 Å². The van der Waals surface area contributed by atoms with Crippen LogP contribution in [0.4, 0.5) is 5.69 Å². The zero-order valence-corrected chi connectivity index (χ0v) is 18.5. The first-order valence-corrected chi connectivity index (χ1v) is 10.6. The Morgan fingerprint density at radius 2 is 1.81 bits per heavy atom. The molecule has 4 nitrogen and oxygen atoms in total. The molecule has 4 rings (SSSR count). The molecule has 3 aromatic carbocycles. The second-order valence-corrected chi connectivity index (χ2v) is 8.14. The summed E-state index contributed by atoms with van der Waals surface area (Å²) >= 11 is 0. The van der Waals surface area contributed by atoms with E-state index in [1.165, 1.54) is 11.1 Å². The predicted molar refractivity (Wildman–Crippen MR) is 130 cm³/mol. The number of hydrogen-bond acceptors (Lipinski definition) is 2. The van der Waals surface area contributed by atoms with E-state index in [4.69, 9.17) is 0 Å². The summed E-state index contributed by atoms with van der Waals surface area (Å²) in [5, 5.41) is 13.5. The Hall–Kier alpha value is -4.10. The number of fused-ring (bicyclic) bond motifs is 1. The van der Waals surface area contributed by atoms with Crippen LogP contribution in [-0.4, -0.2) is 10.5 Å². The number of carbonyl (C=O) groups is 1. The Morgan fingerprint density at radius 3 is 2.56 bits per heavy atom. The van der Waals surface area contributed by atoms with Gasteiger partial charge < -0.3 is 9.88 Å². The first-order chi connectivity index (χ1) is 15.4. The molecule has 1 heterocycles. The lowest BCUT2D eigenvalue weighted by Gasteiger charge is -2.07. The van der Waals surface area contributed by atoms with E-state index < -0.39 is 5.91 Å². The number of aryl methyl sites for hydroxylation is 3. The quantitative estimate of drug-likeness (QED) is 0.311. The van der Waals surface area contributed by atoms with Crippen molar-refractivity contribution in [1.82, 2.24) is 4.57 Å². The highest BCUT2D eigenvalue weighted by Crippen LogP contribution is 2.25. The highest BCUT2D eigenvalue weighted by molar-refractivity contribution is 6.10. The second-order valence-electron chi connectivity index (χ2n) is 8.14. The van der Waals surface area contributed by atoms with Gasteiger partial charge in [0.1, 0.15) is 11.6 Å². The van der Waals surface area contributed by atoms with Gasteiger partial charge in [-0.3, -0.25) is 4.79 Å². The molecule has 4 heteroatoms. The Bertz CT molecular complexity index is 1390. The summed E-state index contributed by atoms with van der Waals surface area (Å²) in [6, 6.07) is 24.3. The molecule has 0 atom stereocenters.